The molecule has 3 aliphatic heterocycles. The summed E-state index contributed by atoms with van der Waals surface area (Å²) in [5, 5.41) is 1.10. The van der Waals surface area contributed by atoms with E-state index in [1.807, 2.05) is 18.3 Å². The molecule has 2 aromatic rings. The van der Waals surface area contributed by atoms with Crippen molar-refractivity contribution in [2.75, 3.05) is 20.2 Å². The van der Waals surface area contributed by atoms with Gasteiger partial charge in [-0.2, -0.15) is 0 Å². The Labute approximate surface area is 143 Å². The van der Waals surface area contributed by atoms with Gasteiger partial charge in [0.25, 0.3) is 0 Å². The molecule has 24 heavy (non-hydrogen) atoms. The van der Waals surface area contributed by atoms with Crippen LogP contribution in [-0.4, -0.2) is 36.1 Å². The second-order valence-corrected chi connectivity index (χ2v) is 7.06. The smallest absolute Gasteiger partial charge is 0.119 e. The lowest BCUT2D eigenvalue weighted by atomic mass is 9.73. The highest BCUT2D eigenvalue weighted by Gasteiger charge is 2.41. The Kier molecular flexibility index (Phi) is 4.02. The van der Waals surface area contributed by atoms with Gasteiger partial charge in [0.15, 0.2) is 0 Å². The van der Waals surface area contributed by atoms with Crippen LogP contribution in [-0.2, 0) is 0 Å². The van der Waals surface area contributed by atoms with Gasteiger partial charge in [0.1, 0.15) is 5.75 Å². The Morgan fingerprint density at radius 1 is 1.42 bits per heavy atom. The van der Waals surface area contributed by atoms with Crippen LogP contribution < -0.4 is 10.5 Å². The van der Waals surface area contributed by atoms with Gasteiger partial charge in [-0.25, -0.2) is 0 Å². The highest BCUT2D eigenvalue weighted by atomic mass is 16.5. The van der Waals surface area contributed by atoms with Crippen LogP contribution in [0.5, 0.6) is 5.75 Å². The van der Waals surface area contributed by atoms with Gasteiger partial charge in [-0.3, -0.25) is 9.88 Å². The van der Waals surface area contributed by atoms with Gasteiger partial charge in [0.05, 0.1) is 12.6 Å². The summed E-state index contributed by atoms with van der Waals surface area (Å²) in [6, 6.07) is 8.48. The predicted octanol–water partition coefficient (Wildman–Crippen LogP) is 3.14. The van der Waals surface area contributed by atoms with E-state index in [9.17, 15) is 0 Å². The molecular weight excluding hydrogens is 298 g/mol. The number of methoxy groups -OCH3 is 1. The largest absolute Gasteiger partial charge is 0.497 e. The molecule has 3 aliphatic rings. The lowest BCUT2D eigenvalue weighted by molar-refractivity contribution is 0.00749. The third-order valence-electron chi connectivity index (χ3n) is 5.91. The maximum absolute atomic E-state index is 6.76. The first-order chi connectivity index (χ1) is 11.7. The van der Waals surface area contributed by atoms with Crippen molar-refractivity contribution in [3.05, 3.63) is 48.7 Å². The molecule has 126 valence electrons. The number of benzene rings is 1. The molecule has 4 heteroatoms. The molecule has 3 fully saturated rings. The lowest BCUT2D eigenvalue weighted by Gasteiger charge is -2.51. The second-order valence-electron chi connectivity index (χ2n) is 7.06. The zero-order valence-corrected chi connectivity index (χ0v) is 14.2. The van der Waals surface area contributed by atoms with E-state index in [4.69, 9.17) is 10.5 Å². The SMILES string of the molecule is C=C[C@H]1CN2CC[C@H]1C[C@@H]2[C@@H](N)c1ccnc2ccc(OC)cc12. The summed E-state index contributed by atoms with van der Waals surface area (Å²) in [6.07, 6.45) is 6.43. The predicted molar refractivity (Wildman–Crippen MR) is 97.0 cm³/mol. The molecule has 5 atom stereocenters. The van der Waals surface area contributed by atoms with Gasteiger partial charge in [0.2, 0.25) is 0 Å². The molecule has 4 nitrogen and oxygen atoms in total. The molecule has 0 radical (unpaired) electrons. The highest BCUT2D eigenvalue weighted by molar-refractivity contribution is 5.84. The summed E-state index contributed by atoms with van der Waals surface area (Å²) in [5.74, 6) is 2.20. The van der Waals surface area contributed by atoms with Gasteiger partial charge >= 0.3 is 0 Å². The molecule has 1 aromatic heterocycles. The van der Waals surface area contributed by atoms with E-state index < -0.39 is 0 Å². The van der Waals surface area contributed by atoms with Crippen molar-refractivity contribution in [1.29, 1.82) is 0 Å². The molecule has 0 saturated carbocycles. The molecule has 1 unspecified atom stereocenters. The average Bonchev–Trinajstić information content (AvgIpc) is 2.66. The molecular formula is C20H25N3O. The molecule has 5 rings (SSSR count). The van der Waals surface area contributed by atoms with Gasteiger partial charge < -0.3 is 10.5 Å². The van der Waals surface area contributed by atoms with Crippen LogP contribution in [0.2, 0.25) is 0 Å². The van der Waals surface area contributed by atoms with Gasteiger partial charge in [-0.15, -0.1) is 6.58 Å². The zero-order valence-electron chi connectivity index (χ0n) is 14.2. The quantitative estimate of drug-likeness (QED) is 0.878. The first kappa shape index (κ1) is 15.6. The Hall–Kier alpha value is -1.91. The number of rotatable bonds is 4. The number of nitrogens with two attached hydrogens (primary N) is 1. The standard InChI is InChI=1S/C20H25N3O/c1-3-13-12-23-9-7-14(13)10-19(23)20(21)16-6-8-22-18-5-4-15(24-2)11-17(16)18/h3-6,8,11,13-14,19-20H,1,7,9-10,12,21H2,2H3/t13-,14-,19+,20-/m0/s1. The first-order valence-electron chi connectivity index (χ1n) is 8.76. The van der Waals surface area contributed by atoms with Crippen LogP contribution >= 0.6 is 0 Å². The number of fused-ring (bicyclic) bond motifs is 4. The number of hydrogen-bond acceptors (Lipinski definition) is 4. The molecule has 2 bridgehead atoms. The Morgan fingerprint density at radius 3 is 3.00 bits per heavy atom. The summed E-state index contributed by atoms with van der Waals surface area (Å²) in [7, 11) is 1.69. The zero-order chi connectivity index (χ0) is 16.7. The molecule has 3 saturated heterocycles. The summed E-state index contributed by atoms with van der Waals surface area (Å²) in [5.41, 5.74) is 8.91. The van der Waals surface area contributed by atoms with Crippen molar-refractivity contribution < 1.29 is 4.74 Å². The van der Waals surface area contributed by atoms with Crippen LogP contribution in [0.15, 0.2) is 43.1 Å². The van der Waals surface area contributed by atoms with Gasteiger partial charge in [0, 0.05) is 30.2 Å². The van der Waals surface area contributed by atoms with Crippen LogP contribution in [0.25, 0.3) is 10.9 Å². The van der Waals surface area contributed by atoms with Crippen molar-refractivity contribution in [3.8, 4) is 5.75 Å². The summed E-state index contributed by atoms with van der Waals surface area (Å²) in [4.78, 5) is 7.04. The Balaban J connectivity index is 1.69. The van der Waals surface area contributed by atoms with E-state index in [2.05, 4.69) is 34.7 Å². The third kappa shape index (κ3) is 2.50. The normalized spacial score (nSPS) is 30.2. The van der Waals surface area contributed by atoms with Crippen molar-refractivity contribution in [1.82, 2.24) is 9.88 Å². The Morgan fingerprint density at radius 2 is 2.29 bits per heavy atom. The van der Waals surface area contributed by atoms with Crippen LogP contribution in [0, 0.1) is 11.8 Å². The number of pyridine rings is 1. The molecule has 0 spiro atoms. The lowest BCUT2D eigenvalue weighted by Crippen LogP contribution is -2.56. The maximum atomic E-state index is 6.76. The fourth-order valence-electron chi connectivity index (χ4n) is 4.52. The van der Waals surface area contributed by atoms with E-state index in [-0.39, 0.29) is 6.04 Å². The first-order valence-corrected chi connectivity index (χ1v) is 8.76. The van der Waals surface area contributed by atoms with E-state index in [1.165, 1.54) is 12.0 Å². The molecule has 2 N–H and O–H groups in total. The van der Waals surface area contributed by atoms with Gasteiger partial charge in [-0.05, 0) is 61.1 Å². The number of piperidine rings is 3. The minimum absolute atomic E-state index is 0.00354. The van der Waals surface area contributed by atoms with Crippen LogP contribution in [0.1, 0.15) is 24.4 Å². The van der Waals surface area contributed by atoms with E-state index in [1.54, 1.807) is 7.11 Å². The Bertz CT molecular complexity index is 760. The minimum Gasteiger partial charge on any atom is -0.497 e. The summed E-state index contributed by atoms with van der Waals surface area (Å²) >= 11 is 0. The maximum Gasteiger partial charge on any atom is 0.119 e. The number of hydrogen-bond donors (Lipinski definition) is 1. The highest BCUT2D eigenvalue weighted by Crippen LogP contribution is 2.41. The van der Waals surface area contributed by atoms with Crippen LogP contribution in [0.4, 0.5) is 0 Å². The number of ether oxygens (including phenoxy) is 1. The third-order valence-corrected chi connectivity index (χ3v) is 5.91. The van der Waals surface area contributed by atoms with Crippen molar-refractivity contribution in [2.45, 2.75) is 24.9 Å². The molecule has 1 aromatic carbocycles. The molecule has 0 aliphatic carbocycles. The van der Waals surface area contributed by atoms with E-state index in [0.29, 0.717) is 12.0 Å². The number of nitrogens with zero attached hydrogens (tertiary/aromatic N) is 2. The topological polar surface area (TPSA) is 51.4 Å². The summed E-state index contributed by atoms with van der Waals surface area (Å²) < 4.78 is 5.39. The van der Waals surface area contributed by atoms with Crippen molar-refractivity contribution >= 4 is 10.9 Å². The fourth-order valence-corrected chi connectivity index (χ4v) is 4.52. The summed E-state index contributed by atoms with van der Waals surface area (Å²) in [6.45, 7) is 6.26. The molecule has 0 amide bonds. The minimum atomic E-state index is -0.00354. The number of aromatic nitrogens is 1. The average molecular weight is 323 g/mol. The van der Waals surface area contributed by atoms with Crippen LogP contribution in [0.3, 0.4) is 0 Å². The van der Waals surface area contributed by atoms with E-state index in [0.717, 1.165) is 42.1 Å². The van der Waals surface area contributed by atoms with Gasteiger partial charge in [-0.1, -0.05) is 6.08 Å². The fraction of sp³-hybridized carbons (Fsp3) is 0.450. The second kappa shape index (κ2) is 6.19. The van der Waals surface area contributed by atoms with Crippen molar-refractivity contribution in [2.24, 2.45) is 17.6 Å². The monoisotopic (exact) mass is 323 g/mol. The van der Waals surface area contributed by atoms with Crippen molar-refractivity contribution in [3.63, 3.8) is 0 Å². The van der Waals surface area contributed by atoms with E-state index >= 15 is 0 Å². The molecule has 4 heterocycles.